The van der Waals surface area contributed by atoms with Gasteiger partial charge in [0.1, 0.15) is 5.37 Å². The van der Waals surface area contributed by atoms with E-state index in [-0.39, 0.29) is 16.5 Å². The third-order valence-electron chi connectivity index (χ3n) is 3.18. The molecular weight excluding hydrogens is 244 g/mol. The van der Waals surface area contributed by atoms with Crippen LogP contribution in [0.15, 0.2) is 24.3 Å². The SMILES string of the molecule is CNCCN1C(=O)[C@H](C)S[C@H]1c1cccc(C)c1. The minimum absolute atomic E-state index is 0.0624. The zero-order valence-corrected chi connectivity index (χ0v) is 12.0. The number of nitrogens with one attached hydrogen (secondary N) is 1. The van der Waals surface area contributed by atoms with Gasteiger partial charge in [-0.2, -0.15) is 0 Å². The fourth-order valence-electron chi connectivity index (χ4n) is 2.22. The van der Waals surface area contributed by atoms with Crippen molar-refractivity contribution < 1.29 is 4.79 Å². The molecule has 3 nitrogen and oxygen atoms in total. The van der Waals surface area contributed by atoms with Crippen LogP contribution < -0.4 is 5.32 Å². The largest absolute Gasteiger partial charge is 0.324 e. The number of thioether (sulfide) groups is 1. The number of aryl methyl sites for hydroxylation is 1. The predicted octanol–water partition coefficient (Wildman–Crippen LogP) is 2.18. The second kappa shape index (κ2) is 5.76. The Labute approximate surface area is 113 Å². The molecule has 98 valence electrons. The van der Waals surface area contributed by atoms with E-state index in [4.69, 9.17) is 0 Å². The van der Waals surface area contributed by atoms with Gasteiger partial charge in [0.15, 0.2) is 0 Å². The second-order valence-corrected chi connectivity index (χ2v) is 6.11. The Morgan fingerprint density at radius 1 is 1.44 bits per heavy atom. The first kappa shape index (κ1) is 13.4. The number of carbonyl (C=O) groups excluding carboxylic acids is 1. The van der Waals surface area contributed by atoms with Crippen molar-refractivity contribution in [1.29, 1.82) is 0 Å². The summed E-state index contributed by atoms with van der Waals surface area (Å²) in [5.74, 6) is 0.252. The highest BCUT2D eigenvalue weighted by molar-refractivity contribution is 8.01. The van der Waals surface area contributed by atoms with Gasteiger partial charge in [-0.1, -0.05) is 29.8 Å². The van der Waals surface area contributed by atoms with E-state index in [0.29, 0.717) is 0 Å². The molecule has 0 aromatic heterocycles. The highest BCUT2D eigenvalue weighted by Gasteiger charge is 2.37. The van der Waals surface area contributed by atoms with Gasteiger partial charge in [-0.25, -0.2) is 0 Å². The summed E-state index contributed by atoms with van der Waals surface area (Å²) < 4.78 is 0. The van der Waals surface area contributed by atoms with Crippen molar-refractivity contribution in [3.63, 3.8) is 0 Å². The molecule has 0 saturated carbocycles. The lowest BCUT2D eigenvalue weighted by molar-refractivity contribution is -0.129. The molecule has 1 aliphatic rings. The topological polar surface area (TPSA) is 32.3 Å². The molecule has 0 spiro atoms. The normalized spacial score (nSPS) is 23.7. The van der Waals surface area contributed by atoms with Crippen LogP contribution in [0.1, 0.15) is 23.4 Å². The fraction of sp³-hybridized carbons (Fsp3) is 0.500. The summed E-state index contributed by atoms with van der Waals surface area (Å²) in [6.45, 7) is 5.69. The Hall–Kier alpha value is -1.00. The van der Waals surface area contributed by atoms with Crippen molar-refractivity contribution in [2.75, 3.05) is 20.1 Å². The number of likely N-dealkylation sites (N-methyl/N-ethyl adjacent to an activating group) is 1. The zero-order chi connectivity index (χ0) is 13.1. The smallest absolute Gasteiger partial charge is 0.236 e. The number of rotatable bonds is 4. The van der Waals surface area contributed by atoms with Crippen molar-refractivity contribution >= 4 is 17.7 Å². The lowest BCUT2D eigenvalue weighted by Crippen LogP contribution is -2.35. The molecular formula is C14H20N2OS. The predicted molar refractivity (Wildman–Crippen MR) is 76.6 cm³/mol. The number of nitrogens with zero attached hydrogens (tertiary/aromatic N) is 1. The molecule has 1 aliphatic heterocycles. The van der Waals surface area contributed by atoms with Gasteiger partial charge < -0.3 is 10.2 Å². The minimum atomic E-state index is 0.0624. The van der Waals surface area contributed by atoms with Gasteiger partial charge in [-0.3, -0.25) is 4.79 Å². The minimum Gasteiger partial charge on any atom is -0.324 e. The number of carbonyl (C=O) groups is 1. The van der Waals surface area contributed by atoms with Crippen molar-refractivity contribution in [2.24, 2.45) is 0 Å². The number of hydrogen-bond donors (Lipinski definition) is 1. The quantitative estimate of drug-likeness (QED) is 0.904. The van der Waals surface area contributed by atoms with Crippen molar-refractivity contribution in [3.8, 4) is 0 Å². The van der Waals surface area contributed by atoms with E-state index in [2.05, 4.69) is 36.5 Å². The third-order valence-corrected chi connectivity index (χ3v) is 4.57. The Balaban J connectivity index is 2.22. The second-order valence-electron chi connectivity index (χ2n) is 4.68. The summed E-state index contributed by atoms with van der Waals surface area (Å²) in [6, 6.07) is 8.44. The van der Waals surface area contributed by atoms with Crippen LogP contribution in [-0.4, -0.2) is 36.2 Å². The van der Waals surface area contributed by atoms with E-state index in [9.17, 15) is 4.79 Å². The summed E-state index contributed by atoms with van der Waals surface area (Å²) in [4.78, 5) is 14.1. The van der Waals surface area contributed by atoms with Gasteiger partial charge in [0.2, 0.25) is 5.91 Å². The van der Waals surface area contributed by atoms with E-state index in [1.54, 1.807) is 11.8 Å². The Morgan fingerprint density at radius 2 is 2.22 bits per heavy atom. The number of benzene rings is 1. The van der Waals surface area contributed by atoms with Crippen molar-refractivity contribution in [1.82, 2.24) is 10.2 Å². The van der Waals surface area contributed by atoms with E-state index >= 15 is 0 Å². The lowest BCUT2D eigenvalue weighted by Gasteiger charge is -2.24. The number of amides is 1. The Bertz CT molecular complexity index is 436. The maximum Gasteiger partial charge on any atom is 0.236 e. The Kier molecular flexibility index (Phi) is 4.30. The van der Waals surface area contributed by atoms with Gasteiger partial charge in [0.25, 0.3) is 0 Å². The van der Waals surface area contributed by atoms with E-state index in [1.807, 2.05) is 18.9 Å². The van der Waals surface area contributed by atoms with E-state index in [0.717, 1.165) is 13.1 Å². The molecule has 1 aromatic carbocycles. The van der Waals surface area contributed by atoms with Gasteiger partial charge in [-0.05, 0) is 26.5 Å². The molecule has 0 aliphatic carbocycles. The zero-order valence-electron chi connectivity index (χ0n) is 11.1. The molecule has 1 N–H and O–H groups in total. The first-order chi connectivity index (χ1) is 8.63. The van der Waals surface area contributed by atoms with Crippen LogP contribution in [0.4, 0.5) is 0 Å². The summed E-state index contributed by atoms with van der Waals surface area (Å²) in [6.07, 6.45) is 0. The standard InChI is InChI=1S/C14H20N2OS/c1-10-5-4-6-12(9-10)14-16(8-7-15-3)13(17)11(2)18-14/h4-6,9,11,14-15H,7-8H2,1-3H3/t11-,14-/m0/s1. The molecule has 1 amide bonds. The van der Waals surface area contributed by atoms with E-state index in [1.165, 1.54) is 11.1 Å². The molecule has 1 saturated heterocycles. The van der Waals surface area contributed by atoms with Gasteiger partial charge in [-0.15, -0.1) is 11.8 Å². The molecule has 18 heavy (non-hydrogen) atoms. The molecule has 2 rings (SSSR count). The molecule has 0 radical (unpaired) electrons. The van der Waals surface area contributed by atoms with Crippen LogP contribution in [0.2, 0.25) is 0 Å². The summed E-state index contributed by atoms with van der Waals surface area (Å²) in [7, 11) is 1.92. The van der Waals surface area contributed by atoms with Crippen molar-refractivity contribution in [3.05, 3.63) is 35.4 Å². The fourth-order valence-corrected chi connectivity index (χ4v) is 3.51. The third kappa shape index (κ3) is 2.70. The molecule has 1 heterocycles. The van der Waals surface area contributed by atoms with E-state index < -0.39 is 0 Å². The first-order valence-corrected chi connectivity index (χ1v) is 7.25. The lowest BCUT2D eigenvalue weighted by atomic mass is 10.1. The maximum atomic E-state index is 12.2. The number of hydrogen-bond acceptors (Lipinski definition) is 3. The summed E-state index contributed by atoms with van der Waals surface area (Å²) in [5, 5.41) is 3.34. The van der Waals surface area contributed by atoms with Gasteiger partial charge in [0.05, 0.1) is 5.25 Å². The maximum absolute atomic E-state index is 12.2. The van der Waals surface area contributed by atoms with Gasteiger partial charge in [0, 0.05) is 13.1 Å². The van der Waals surface area contributed by atoms with Crippen LogP contribution in [0.5, 0.6) is 0 Å². The monoisotopic (exact) mass is 264 g/mol. The highest BCUT2D eigenvalue weighted by atomic mass is 32.2. The summed E-state index contributed by atoms with van der Waals surface area (Å²) in [5.41, 5.74) is 2.47. The molecule has 2 atom stereocenters. The average molecular weight is 264 g/mol. The summed E-state index contributed by atoms with van der Waals surface area (Å²) >= 11 is 1.74. The first-order valence-electron chi connectivity index (χ1n) is 6.30. The van der Waals surface area contributed by atoms with Crippen LogP contribution in [0.25, 0.3) is 0 Å². The van der Waals surface area contributed by atoms with Gasteiger partial charge >= 0.3 is 0 Å². The van der Waals surface area contributed by atoms with Crippen LogP contribution >= 0.6 is 11.8 Å². The van der Waals surface area contributed by atoms with Crippen LogP contribution in [0, 0.1) is 6.92 Å². The molecule has 1 fully saturated rings. The Morgan fingerprint density at radius 3 is 2.89 bits per heavy atom. The average Bonchev–Trinajstić information content (AvgIpc) is 2.64. The molecule has 1 aromatic rings. The van der Waals surface area contributed by atoms with Crippen LogP contribution in [-0.2, 0) is 4.79 Å². The van der Waals surface area contributed by atoms with Crippen LogP contribution in [0.3, 0.4) is 0 Å². The molecule has 0 unspecified atom stereocenters. The molecule has 0 bridgehead atoms. The molecule has 4 heteroatoms. The van der Waals surface area contributed by atoms with Crippen molar-refractivity contribution in [2.45, 2.75) is 24.5 Å². The highest BCUT2D eigenvalue weighted by Crippen LogP contribution is 2.42.